The van der Waals surface area contributed by atoms with Crippen molar-refractivity contribution >= 4 is 40.5 Å². The lowest BCUT2D eigenvalue weighted by atomic mass is 10.2. The Labute approximate surface area is 148 Å². The predicted octanol–water partition coefficient (Wildman–Crippen LogP) is 4.62. The summed E-state index contributed by atoms with van der Waals surface area (Å²) in [5, 5.41) is 14.1. The van der Waals surface area contributed by atoms with Crippen molar-refractivity contribution in [3.8, 4) is 5.75 Å². The van der Waals surface area contributed by atoms with Crippen molar-refractivity contribution in [1.29, 1.82) is 0 Å². The van der Waals surface area contributed by atoms with Crippen LogP contribution in [0.3, 0.4) is 0 Å². The lowest BCUT2D eigenvalue weighted by molar-refractivity contribution is -0.384. The molecule has 6 nitrogen and oxygen atoms in total. The molecule has 1 atom stereocenters. The number of carbonyl (C=O) groups is 1. The van der Waals surface area contributed by atoms with Crippen LogP contribution in [0, 0.1) is 17.0 Å². The van der Waals surface area contributed by atoms with Crippen LogP contribution in [0.1, 0.15) is 12.5 Å². The summed E-state index contributed by atoms with van der Waals surface area (Å²) < 4.78 is 5.60. The van der Waals surface area contributed by atoms with Crippen molar-refractivity contribution in [2.45, 2.75) is 20.0 Å². The lowest BCUT2D eigenvalue weighted by Crippen LogP contribution is -2.30. The molecule has 2 rings (SSSR count). The van der Waals surface area contributed by atoms with Crippen molar-refractivity contribution in [2.75, 3.05) is 5.32 Å². The largest absolute Gasteiger partial charge is 0.481 e. The van der Waals surface area contributed by atoms with Gasteiger partial charge in [0.2, 0.25) is 0 Å². The number of anilines is 1. The summed E-state index contributed by atoms with van der Waals surface area (Å²) in [4.78, 5) is 22.5. The monoisotopic (exact) mass is 368 g/mol. The van der Waals surface area contributed by atoms with E-state index in [1.807, 2.05) is 6.92 Å². The average Bonchev–Trinajstić information content (AvgIpc) is 2.51. The molecule has 0 fully saturated rings. The zero-order valence-electron chi connectivity index (χ0n) is 12.9. The lowest BCUT2D eigenvalue weighted by Gasteiger charge is -2.16. The topological polar surface area (TPSA) is 81.5 Å². The molecule has 1 unspecified atom stereocenters. The number of hydrogen-bond acceptors (Lipinski definition) is 4. The zero-order chi connectivity index (χ0) is 17.9. The summed E-state index contributed by atoms with van der Waals surface area (Å²) in [7, 11) is 0. The summed E-state index contributed by atoms with van der Waals surface area (Å²) in [5.74, 6) is 0.0407. The van der Waals surface area contributed by atoms with Crippen LogP contribution in [0.2, 0.25) is 10.0 Å². The van der Waals surface area contributed by atoms with E-state index in [-0.39, 0.29) is 16.4 Å². The smallest absolute Gasteiger partial charge is 0.271 e. The third-order valence-corrected chi connectivity index (χ3v) is 3.79. The van der Waals surface area contributed by atoms with Crippen LogP contribution in [0.25, 0.3) is 0 Å². The van der Waals surface area contributed by atoms with Gasteiger partial charge in [0.15, 0.2) is 6.10 Å². The molecule has 24 heavy (non-hydrogen) atoms. The van der Waals surface area contributed by atoms with E-state index >= 15 is 0 Å². The number of nitro benzene ring substituents is 1. The van der Waals surface area contributed by atoms with E-state index in [9.17, 15) is 14.9 Å². The molecule has 0 spiro atoms. The fourth-order valence-electron chi connectivity index (χ4n) is 1.95. The minimum Gasteiger partial charge on any atom is -0.481 e. The van der Waals surface area contributed by atoms with E-state index in [1.165, 1.54) is 18.2 Å². The Morgan fingerprint density at radius 3 is 2.58 bits per heavy atom. The van der Waals surface area contributed by atoms with Gasteiger partial charge in [-0.2, -0.15) is 0 Å². The molecule has 0 bridgehead atoms. The van der Waals surface area contributed by atoms with E-state index in [1.54, 1.807) is 25.1 Å². The first-order valence-corrected chi connectivity index (χ1v) is 7.71. The first-order chi connectivity index (χ1) is 11.3. The number of halogens is 2. The third-order valence-electron chi connectivity index (χ3n) is 3.23. The van der Waals surface area contributed by atoms with Crippen molar-refractivity contribution < 1.29 is 14.5 Å². The summed E-state index contributed by atoms with van der Waals surface area (Å²) in [6.07, 6.45) is -0.833. The van der Waals surface area contributed by atoms with E-state index in [0.717, 1.165) is 5.56 Å². The highest BCUT2D eigenvalue weighted by Gasteiger charge is 2.18. The SMILES string of the molecule is Cc1cc(Cl)ccc1OC(C)C(=O)Nc1cc([N+](=O)[O-])ccc1Cl. The van der Waals surface area contributed by atoms with Crippen LogP contribution in [0.15, 0.2) is 36.4 Å². The summed E-state index contributed by atoms with van der Waals surface area (Å²) in [6.45, 7) is 3.37. The van der Waals surface area contributed by atoms with Gasteiger partial charge in [0, 0.05) is 17.2 Å². The molecular formula is C16H14Cl2N2O4. The number of nitrogens with zero attached hydrogens (tertiary/aromatic N) is 1. The maximum Gasteiger partial charge on any atom is 0.271 e. The molecule has 2 aromatic carbocycles. The number of ether oxygens (including phenoxy) is 1. The number of carbonyl (C=O) groups excluding carboxylic acids is 1. The van der Waals surface area contributed by atoms with Gasteiger partial charge in [-0.15, -0.1) is 0 Å². The number of aryl methyl sites for hydroxylation is 1. The molecule has 0 aliphatic heterocycles. The standard InChI is InChI=1S/C16H14Cl2N2O4/c1-9-7-11(17)3-6-15(9)24-10(2)16(21)19-14-8-12(20(22)23)4-5-13(14)18/h3-8,10H,1-2H3,(H,19,21). The number of benzene rings is 2. The normalized spacial score (nSPS) is 11.7. The molecule has 126 valence electrons. The van der Waals surface area contributed by atoms with Gasteiger partial charge in [-0.25, -0.2) is 0 Å². The molecule has 0 aromatic heterocycles. The van der Waals surface area contributed by atoms with Crippen LogP contribution in [-0.4, -0.2) is 16.9 Å². The minimum absolute atomic E-state index is 0.152. The van der Waals surface area contributed by atoms with E-state index in [4.69, 9.17) is 27.9 Å². The van der Waals surface area contributed by atoms with Crippen LogP contribution in [-0.2, 0) is 4.79 Å². The second kappa shape index (κ2) is 7.51. The van der Waals surface area contributed by atoms with E-state index in [2.05, 4.69) is 5.32 Å². The van der Waals surface area contributed by atoms with Gasteiger partial charge < -0.3 is 10.1 Å². The van der Waals surface area contributed by atoms with Gasteiger partial charge in [-0.1, -0.05) is 23.2 Å². The predicted molar refractivity (Wildman–Crippen MR) is 93.0 cm³/mol. The Morgan fingerprint density at radius 1 is 1.25 bits per heavy atom. The number of rotatable bonds is 5. The molecule has 0 saturated carbocycles. The zero-order valence-corrected chi connectivity index (χ0v) is 14.4. The Morgan fingerprint density at radius 2 is 1.96 bits per heavy atom. The fraction of sp³-hybridized carbons (Fsp3) is 0.188. The number of nitro groups is 1. The average molecular weight is 369 g/mol. The number of hydrogen-bond donors (Lipinski definition) is 1. The van der Waals surface area contributed by atoms with Gasteiger partial charge in [-0.05, 0) is 43.7 Å². The second-order valence-electron chi connectivity index (χ2n) is 5.08. The Balaban J connectivity index is 2.11. The maximum absolute atomic E-state index is 12.2. The second-order valence-corrected chi connectivity index (χ2v) is 5.92. The molecule has 8 heteroatoms. The Hall–Kier alpha value is -2.31. The molecule has 1 N–H and O–H groups in total. The molecule has 0 heterocycles. The van der Waals surface area contributed by atoms with Crippen LogP contribution >= 0.6 is 23.2 Å². The van der Waals surface area contributed by atoms with Crippen molar-refractivity contribution in [2.24, 2.45) is 0 Å². The summed E-state index contributed by atoms with van der Waals surface area (Å²) in [6, 6.07) is 8.85. The summed E-state index contributed by atoms with van der Waals surface area (Å²) >= 11 is 11.8. The van der Waals surface area contributed by atoms with Crippen LogP contribution < -0.4 is 10.1 Å². The molecule has 0 aliphatic carbocycles. The Kier molecular flexibility index (Phi) is 5.64. The first kappa shape index (κ1) is 18.0. The van der Waals surface area contributed by atoms with E-state index < -0.39 is 16.9 Å². The highest BCUT2D eigenvalue weighted by molar-refractivity contribution is 6.33. The molecule has 0 saturated heterocycles. The van der Waals surface area contributed by atoms with Crippen molar-refractivity contribution in [3.05, 3.63) is 62.1 Å². The van der Waals surface area contributed by atoms with Gasteiger partial charge in [0.1, 0.15) is 5.75 Å². The number of amides is 1. The summed E-state index contributed by atoms with van der Waals surface area (Å²) in [5.41, 5.74) is 0.770. The van der Waals surface area contributed by atoms with Gasteiger partial charge in [-0.3, -0.25) is 14.9 Å². The first-order valence-electron chi connectivity index (χ1n) is 6.95. The van der Waals surface area contributed by atoms with Gasteiger partial charge in [0.05, 0.1) is 15.6 Å². The molecule has 0 aliphatic rings. The van der Waals surface area contributed by atoms with Crippen molar-refractivity contribution in [1.82, 2.24) is 0 Å². The third kappa shape index (κ3) is 4.37. The fourth-order valence-corrected chi connectivity index (χ4v) is 2.34. The minimum atomic E-state index is -0.833. The number of non-ortho nitro benzene ring substituents is 1. The van der Waals surface area contributed by atoms with Crippen molar-refractivity contribution in [3.63, 3.8) is 0 Å². The molecular weight excluding hydrogens is 355 g/mol. The Bertz CT molecular complexity index is 796. The molecule has 1 amide bonds. The molecule has 0 radical (unpaired) electrons. The van der Waals surface area contributed by atoms with Gasteiger partial charge >= 0.3 is 0 Å². The highest BCUT2D eigenvalue weighted by atomic mass is 35.5. The molecule has 2 aromatic rings. The number of nitrogens with one attached hydrogen (secondary N) is 1. The highest BCUT2D eigenvalue weighted by Crippen LogP contribution is 2.27. The quantitative estimate of drug-likeness (QED) is 0.616. The van der Waals surface area contributed by atoms with Gasteiger partial charge in [0.25, 0.3) is 11.6 Å². The van der Waals surface area contributed by atoms with Crippen LogP contribution in [0.5, 0.6) is 5.75 Å². The maximum atomic E-state index is 12.2. The van der Waals surface area contributed by atoms with E-state index in [0.29, 0.717) is 10.8 Å². The van der Waals surface area contributed by atoms with Crippen LogP contribution in [0.4, 0.5) is 11.4 Å².